The van der Waals surface area contributed by atoms with Crippen molar-refractivity contribution in [1.82, 2.24) is 0 Å². The molecule has 4 heteroatoms. The van der Waals surface area contributed by atoms with Gasteiger partial charge < -0.3 is 0 Å². The summed E-state index contributed by atoms with van der Waals surface area (Å²) in [5.41, 5.74) is 7.46. The van der Waals surface area contributed by atoms with Crippen molar-refractivity contribution in [3.05, 3.63) is 217 Å². The summed E-state index contributed by atoms with van der Waals surface area (Å²) >= 11 is 0. The van der Waals surface area contributed by atoms with Crippen LogP contribution >= 0.6 is 0 Å². The fourth-order valence-corrected chi connectivity index (χ4v) is 9.91. The van der Waals surface area contributed by atoms with Crippen molar-refractivity contribution in [3.8, 4) is 44.5 Å². The van der Waals surface area contributed by atoms with Crippen molar-refractivity contribution in [2.75, 3.05) is 0 Å². The largest absolute Gasteiger partial charge is 0.203 e. The van der Waals surface area contributed by atoms with Crippen LogP contribution < -0.4 is 0 Å². The zero-order chi connectivity index (χ0) is 41.6. The highest BCUT2D eigenvalue weighted by Crippen LogP contribution is 2.49. The van der Waals surface area contributed by atoms with E-state index >= 15 is 17.6 Å². The van der Waals surface area contributed by atoms with E-state index in [0.29, 0.717) is 21.5 Å². The summed E-state index contributed by atoms with van der Waals surface area (Å²) in [6.07, 6.45) is 0. The van der Waals surface area contributed by atoms with E-state index in [4.69, 9.17) is 0 Å². The molecule has 62 heavy (non-hydrogen) atoms. The molecule has 0 saturated heterocycles. The third-order valence-electron chi connectivity index (χ3n) is 12.7. The Bertz CT molecular complexity index is 3570. The van der Waals surface area contributed by atoms with Gasteiger partial charge in [-0.2, -0.15) is 0 Å². The van der Waals surface area contributed by atoms with Crippen molar-refractivity contribution in [2.45, 2.75) is 0 Å². The molecular weight excluding hydrogens is 773 g/mol. The highest BCUT2D eigenvalue weighted by Gasteiger charge is 2.27. The van der Waals surface area contributed by atoms with Crippen molar-refractivity contribution in [3.63, 3.8) is 0 Å². The molecule has 0 spiro atoms. The monoisotopic (exact) mass is 804 g/mol. The molecule has 0 N–H and O–H groups in total. The lowest BCUT2D eigenvalue weighted by Gasteiger charge is -2.20. The van der Waals surface area contributed by atoms with Crippen LogP contribution in [0.2, 0.25) is 0 Å². The molecule has 12 rings (SSSR count). The molecule has 0 atom stereocenters. The van der Waals surface area contributed by atoms with E-state index in [-0.39, 0.29) is 10.8 Å². The zero-order valence-electron chi connectivity index (χ0n) is 33.0. The molecule has 0 nitrogen and oxygen atoms in total. The Balaban J connectivity index is 1.14. The van der Waals surface area contributed by atoms with Crippen LogP contribution in [0.4, 0.5) is 17.6 Å². The third kappa shape index (κ3) is 5.33. The molecule has 0 saturated carbocycles. The van der Waals surface area contributed by atoms with E-state index in [1.165, 1.54) is 0 Å². The molecule has 0 aliphatic rings. The molecule has 12 aromatic rings. The fraction of sp³-hybridized carbons (Fsp3) is 0. The predicted molar refractivity (Wildman–Crippen MR) is 251 cm³/mol. The van der Waals surface area contributed by atoms with Gasteiger partial charge in [-0.3, -0.25) is 0 Å². The summed E-state index contributed by atoms with van der Waals surface area (Å²) < 4.78 is 64.5. The summed E-state index contributed by atoms with van der Waals surface area (Å²) in [5, 5.41) is 9.18. The van der Waals surface area contributed by atoms with Gasteiger partial charge in [-0.1, -0.05) is 182 Å². The molecule has 0 aromatic heterocycles. The molecule has 292 valence electrons. The summed E-state index contributed by atoms with van der Waals surface area (Å²) in [6, 6.07) is 64.7. The molecular formula is C58H32F4. The molecule has 0 aliphatic heterocycles. The van der Waals surface area contributed by atoms with Gasteiger partial charge in [0.05, 0.1) is 0 Å². The number of fused-ring (bicyclic) bond motifs is 12. The van der Waals surface area contributed by atoms with Crippen LogP contribution in [0.15, 0.2) is 194 Å². The molecule has 0 amide bonds. The quantitative estimate of drug-likeness (QED) is 0.0719. The van der Waals surface area contributed by atoms with Gasteiger partial charge in [0.15, 0.2) is 23.3 Å². The fourth-order valence-electron chi connectivity index (χ4n) is 9.91. The van der Waals surface area contributed by atoms with E-state index in [1.54, 1.807) is 0 Å². The van der Waals surface area contributed by atoms with Gasteiger partial charge in [-0.05, 0) is 121 Å². The number of hydrogen-bond donors (Lipinski definition) is 0. The summed E-state index contributed by atoms with van der Waals surface area (Å²) in [6.45, 7) is 0. The van der Waals surface area contributed by atoms with Gasteiger partial charge in [0.1, 0.15) is 0 Å². The molecule has 0 bridgehead atoms. The normalized spacial score (nSPS) is 11.9. The molecule has 0 fully saturated rings. The number of benzene rings is 12. The minimum Gasteiger partial charge on any atom is -0.203 e. The average molecular weight is 805 g/mol. The SMILES string of the molecule is Fc1c(F)c(F)c2c3cc(-c4ccc(-c5cccc6ccccc56)cc4)c4ccccc4c3c3c4ccccc4c(-c4ccc(-c5cccc6ccccc56)cc4)cc3c2c1F. The number of rotatable bonds is 4. The second kappa shape index (κ2) is 13.9. The van der Waals surface area contributed by atoms with Gasteiger partial charge in [-0.25, -0.2) is 17.6 Å². The first-order valence-corrected chi connectivity index (χ1v) is 20.6. The van der Waals surface area contributed by atoms with E-state index in [0.717, 1.165) is 87.6 Å². The first-order chi connectivity index (χ1) is 30.4. The van der Waals surface area contributed by atoms with Gasteiger partial charge in [-0.15, -0.1) is 0 Å². The van der Waals surface area contributed by atoms with Crippen LogP contribution in [0.1, 0.15) is 0 Å². The van der Waals surface area contributed by atoms with Crippen LogP contribution in [0.5, 0.6) is 0 Å². The Morgan fingerprint density at radius 3 is 0.903 bits per heavy atom. The summed E-state index contributed by atoms with van der Waals surface area (Å²) in [7, 11) is 0. The van der Waals surface area contributed by atoms with Crippen molar-refractivity contribution < 1.29 is 17.6 Å². The lowest BCUT2D eigenvalue weighted by molar-refractivity contribution is 0.418. The second-order valence-electron chi connectivity index (χ2n) is 16.0. The number of hydrogen-bond acceptors (Lipinski definition) is 0. The first kappa shape index (κ1) is 36.1. The summed E-state index contributed by atoms with van der Waals surface area (Å²) in [4.78, 5) is 0. The Labute approximate surface area is 353 Å². The lowest BCUT2D eigenvalue weighted by Crippen LogP contribution is -2.01. The van der Waals surface area contributed by atoms with Crippen molar-refractivity contribution in [2.24, 2.45) is 0 Å². The zero-order valence-corrected chi connectivity index (χ0v) is 33.0. The first-order valence-electron chi connectivity index (χ1n) is 20.6. The topological polar surface area (TPSA) is 0 Å². The van der Waals surface area contributed by atoms with E-state index in [1.807, 2.05) is 121 Å². The minimum atomic E-state index is -1.84. The van der Waals surface area contributed by atoms with E-state index in [2.05, 4.69) is 72.8 Å². The van der Waals surface area contributed by atoms with Gasteiger partial charge in [0.25, 0.3) is 0 Å². The van der Waals surface area contributed by atoms with Crippen molar-refractivity contribution >= 4 is 75.4 Å². The van der Waals surface area contributed by atoms with Crippen LogP contribution in [0.3, 0.4) is 0 Å². The lowest BCUT2D eigenvalue weighted by atomic mass is 9.83. The summed E-state index contributed by atoms with van der Waals surface area (Å²) in [5.74, 6) is -6.52. The maximum atomic E-state index is 16.7. The van der Waals surface area contributed by atoms with Gasteiger partial charge in [0, 0.05) is 10.8 Å². The van der Waals surface area contributed by atoms with Crippen LogP contribution in [-0.2, 0) is 0 Å². The Morgan fingerprint density at radius 2 is 0.516 bits per heavy atom. The predicted octanol–water partition coefficient (Wildman–Crippen LogP) is 17.0. The Hall–Kier alpha value is -7.82. The smallest absolute Gasteiger partial charge is 0.198 e. The molecule has 12 aromatic carbocycles. The van der Waals surface area contributed by atoms with Crippen LogP contribution in [-0.4, -0.2) is 0 Å². The van der Waals surface area contributed by atoms with Crippen molar-refractivity contribution in [1.29, 1.82) is 0 Å². The second-order valence-corrected chi connectivity index (χ2v) is 16.0. The van der Waals surface area contributed by atoms with Crippen LogP contribution in [0.25, 0.3) is 120 Å². The van der Waals surface area contributed by atoms with Crippen LogP contribution in [0, 0.1) is 23.3 Å². The van der Waals surface area contributed by atoms with E-state index in [9.17, 15) is 0 Å². The minimum absolute atomic E-state index is 0.296. The Kier molecular flexibility index (Phi) is 8.07. The molecule has 0 aliphatic carbocycles. The highest BCUT2D eigenvalue weighted by molar-refractivity contribution is 6.38. The average Bonchev–Trinajstić information content (AvgIpc) is 3.33. The number of halogens is 4. The maximum absolute atomic E-state index is 16.7. The maximum Gasteiger partial charge on any atom is 0.198 e. The standard InChI is InChI=1S/C58H32F4/c59-55-53-49-31-47(37-27-23-35(24-28-37)41-21-9-13-33-11-1-3-15-39(33)41)43-17-5-7-19-45(43)51(49)52-46-20-8-6-18-44(46)48(32-50(52)54(53)56(60)58(62)57(55)61)38-29-25-36(26-30-38)42-22-10-14-34-12-2-4-16-40(34)42/h1-32H. The van der Waals surface area contributed by atoms with Gasteiger partial charge in [0.2, 0.25) is 0 Å². The molecule has 0 unspecified atom stereocenters. The van der Waals surface area contributed by atoms with Gasteiger partial charge >= 0.3 is 0 Å². The third-order valence-corrected chi connectivity index (χ3v) is 12.7. The molecule has 0 radical (unpaired) electrons. The molecule has 0 heterocycles. The van der Waals surface area contributed by atoms with E-state index < -0.39 is 23.3 Å². The highest BCUT2D eigenvalue weighted by atomic mass is 19.2. The Morgan fingerprint density at radius 1 is 0.210 bits per heavy atom.